The predicted octanol–water partition coefficient (Wildman–Crippen LogP) is 2.91. The third-order valence-electron chi connectivity index (χ3n) is 3.23. The van der Waals surface area contributed by atoms with Crippen LogP contribution < -0.4 is 5.32 Å². The molecule has 1 fully saturated rings. The Balaban J connectivity index is 1.88. The molecule has 0 aliphatic carbocycles. The molecule has 1 heterocycles. The Labute approximate surface area is 116 Å². The van der Waals surface area contributed by atoms with E-state index in [1.165, 1.54) is 0 Å². The normalized spacial score (nSPS) is 19.6. The minimum Gasteiger partial charge on any atom is -0.381 e. The first kappa shape index (κ1) is 13.6. The van der Waals surface area contributed by atoms with Gasteiger partial charge >= 0.3 is 0 Å². The molecule has 1 aromatic rings. The molecule has 3 nitrogen and oxygen atoms in total. The van der Waals surface area contributed by atoms with Gasteiger partial charge in [-0.25, -0.2) is 0 Å². The Bertz CT molecular complexity index is 428. The molecule has 1 atom stereocenters. The van der Waals surface area contributed by atoms with Crippen molar-refractivity contribution in [2.75, 3.05) is 19.8 Å². The van der Waals surface area contributed by atoms with E-state index >= 15 is 0 Å². The van der Waals surface area contributed by atoms with Gasteiger partial charge in [-0.1, -0.05) is 15.9 Å². The van der Waals surface area contributed by atoms with Gasteiger partial charge in [0.15, 0.2) is 0 Å². The van der Waals surface area contributed by atoms with Crippen molar-refractivity contribution in [3.8, 4) is 0 Å². The van der Waals surface area contributed by atoms with Crippen LogP contribution in [0.1, 0.15) is 28.8 Å². The summed E-state index contributed by atoms with van der Waals surface area (Å²) in [6, 6.07) is 5.65. The minimum absolute atomic E-state index is 0.00354. The molecule has 0 bridgehead atoms. The van der Waals surface area contributed by atoms with Crippen molar-refractivity contribution in [3.63, 3.8) is 0 Å². The number of carbonyl (C=O) groups is 1. The van der Waals surface area contributed by atoms with Crippen molar-refractivity contribution in [1.29, 1.82) is 0 Å². The Hall–Kier alpha value is -0.870. The maximum Gasteiger partial charge on any atom is 0.251 e. The van der Waals surface area contributed by atoms with E-state index < -0.39 is 0 Å². The van der Waals surface area contributed by atoms with E-state index in [2.05, 4.69) is 21.2 Å². The zero-order chi connectivity index (χ0) is 13.0. The molecule has 18 heavy (non-hydrogen) atoms. The van der Waals surface area contributed by atoms with Crippen LogP contribution in [-0.2, 0) is 4.74 Å². The van der Waals surface area contributed by atoms with Gasteiger partial charge < -0.3 is 10.1 Å². The lowest BCUT2D eigenvalue weighted by Gasteiger charge is -2.22. The number of rotatable bonds is 3. The highest BCUT2D eigenvalue weighted by Gasteiger charge is 2.15. The molecule has 0 aromatic heterocycles. The highest BCUT2D eigenvalue weighted by atomic mass is 79.9. The van der Waals surface area contributed by atoms with Gasteiger partial charge in [-0.05, 0) is 49.4 Å². The molecule has 0 spiro atoms. The summed E-state index contributed by atoms with van der Waals surface area (Å²) in [4.78, 5) is 12.0. The summed E-state index contributed by atoms with van der Waals surface area (Å²) < 4.78 is 6.42. The predicted molar refractivity (Wildman–Crippen MR) is 74.8 cm³/mol. The number of hydrogen-bond acceptors (Lipinski definition) is 2. The van der Waals surface area contributed by atoms with E-state index in [1.54, 1.807) is 0 Å². The second-order valence-corrected chi connectivity index (χ2v) is 5.61. The molecule has 0 saturated carbocycles. The number of aryl methyl sites for hydroxylation is 1. The van der Waals surface area contributed by atoms with E-state index in [0.717, 1.165) is 36.1 Å². The molecule has 1 amide bonds. The highest BCUT2D eigenvalue weighted by molar-refractivity contribution is 9.10. The molecule has 1 aliphatic heterocycles. The van der Waals surface area contributed by atoms with Crippen molar-refractivity contribution < 1.29 is 9.53 Å². The molecule has 1 unspecified atom stereocenters. The quantitative estimate of drug-likeness (QED) is 0.932. The third kappa shape index (κ3) is 3.56. The number of ether oxygens (including phenoxy) is 1. The summed E-state index contributed by atoms with van der Waals surface area (Å²) in [6.07, 6.45) is 2.23. The topological polar surface area (TPSA) is 38.3 Å². The Morgan fingerprint density at radius 1 is 1.56 bits per heavy atom. The van der Waals surface area contributed by atoms with Crippen molar-refractivity contribution in [2.24, 2.45) is 5.92 Å². The number of carbonyl (C=O) groups excluding carboxylic acids is 1. The third-order valence-corrected chi connectivity index (χ3v) is 4.12. The average Bonchev–Trinajstić information content (AvgIpc) is 2.40. The van der Waals surface area contributed by atoms with Gasteiger partial charge in [0.2, 0.25) is 0 Å². The van der Waals surface area contributed by atoms with Gasteiger partial charge in [0.05, 0.1) is 6.61 Å². The summed E-state index contributed by atoms with van der Waals surface area (Å²) in [5.74, 6) is 0.454. The maximum absolute atomic E-state index is 12.0. The van der Waals surface area contributed by atoms with Crippen molar-refractivity contribution in [2.45, 2.75) is 19.8 Å². The average molecular weight is 312 g/mol. The van der Waals surface area contributed by atoms with Gasteiger partial charge in [0, 0.05) is 23.2 Å². The SMILES string of the molecule is Cc1cc(C(=O)NCC2CCCOC2)ccc1Br. The zero-order valence-corrected chi connectivity index (χ0v) is 12.1. The fourth-order valence-corrected chi connectivity index (χ4v) is 2.34. The van der Waals surface area contributed by atoms with Crippen molar-refractivity contribution in [1.82, 2.24) is 5.32 Å². The van der Waals surface area contributed by atoms with Crippen LogP contribution >= 0.6 is 15.9 Å². The number of hydrogen-bond donors (Lipinski definition) is 1. The number of benzene rings is 1. The summed E-state index contributed by atoms with van der Waals surface area (Å²) in [5, 5.41) is 2.98. The first-order chi connectivity index (χ1) is 8.66. The van der Waals surface area contributed by atoms with Crippen LogP contribution in [0.25, 0.3) is 0 Å². The number of nitrogens with one attached hydrogen (secondary N) is 1. The van der Waals surface area contributed by atoms with Crippen molar-refractivity contribution in [3.05, 3.63) is 33.8 Å². The number of amides is 1. The largest absolute Gasteiger partial charge is 0.381 e. The fraction of sp³-hybridized carbons (Fsp3) is 0.500. The lowest BCUT2D eigenvalue weighted by atomic mass is 10.0. The van der Waals surface area contributed by atoms with Gasteiger partial charge in [0.1, 0.15) is 0 Å². The number of halogens is 1. The molecule has 1 N–H and O–H groups in total. The zero-order valence-electron chi connectivity index (χ0n) is 10.5. The van der Waals surface area contributed by atoms with E-state index in [4.69, 9.17) is 4.74 Å². The summed E-state index contributed by atoms with van der Waals surface area (Å²) in [7, 11) is 0. The van der Waals surface area contributed by atoms with Crippen LogP contribution in [0.5, 0.6) is 0 Å². The molecule has 1 aromatic carbocycles. The molecular formula is C14H18BrNO2. The standard InChI is InChI=1S/C14H18BrNO2/c1-10-7-12(4-5-13(10)15)14(17)16-8-11-3-2-6-18-9-11/h4-5,7,11H,2-3,6,8-9H2,1H3,(H,16,17). The summed E-state index contributed by atoms with van der Waals surface area (Å²) in [6.45, 7) is 4.31. The molecule has 98 valence electrons. The van der Waals surface area contributed by atoms with Crippen LogP contribution in [0.15, 0.2) is 22.7 Å². The second kappa shape index (κ2) is 6.34. The molecule has 0 radical (unpaired) electrons. The van der Waals surface area contributed by atoms with E-state index in [9.17, 15) is 4.79 Å². The Morgan fingerprint density at radius 2 is 2.39 bits per heavy atom. The fourth-order valence-electron chi connectivity index (χ4n) is 2.09. The second-order valence-electron chi connectivity index (χ2n) is 4.76. The van der Waals surface area contributed by atoms with Crippen LogP contribution in [0.4, 0.5) is 0 Å². The summed E-state index contributed by atoms with van der Waals surface area (Å²) in [5.41, 5.74) is 1.79. The van der Waals surface area contributed by atoms with Crippen molar-refractivity contribution >= 4 is 21.8 Å². The molecule has 4 heteroatoms. The first-order valence-electron chi connectivity index (χ1n) is 6.29. The first-order valence-corrected chi connectivity index (χ1v) is 7.08. The molecule has 1 saturated heterocycles. The van der Waals surface area contributed by atoms with Gasteiger partial charge in [-0.3, -0.25) is 4.79 Å². The Kier molecular flexibility index (Phi) is 4.78. The smallest absolute Gasteiger partial charge is 0.251 e. The minimum atomic E-state index is -0.00354. The van der Waals surface area contributed by atoms with E-state index in [-0.39, 0.29) is 5.91 Å². The maximum atomic E-state index is 12.0. The lowest BCUT2D eigenvalue weighted by Crippen LogP contribution is -2.33. The Morgan fingerprint density at radius 3 is 3.06 bits per heavy atom. The molecule has 2 rings (SSSR count). The van der Waals surface area contributed by atoms with Crippen LogP contribution in [0.2, 0.25) is 0 Å². The highest BCUT2D eigenvalue weighted by Crippen LogP contribution is 2.17. The molecular weight excluding hydrogens is 294 g/mol. The van der Waals surface area contributed by atoms with E-state index in [1.807, 2.05) is 25.1 Å². The van der Waals surface area contributed by atoms with E-state index in [0.29, 0.717) is 18.0 Å². The van der Waals surface area contributed by atoms with Crippen LogP contribution in [-0.4, -0.2) is 25.7 Å². The van der Waals surface area contributed by atoms with Gasteiger partial charge in [-0.2, -0.15) is 0 Å². The monoisotopic (exact) mass is 311 g/mol. The van der Waals surface area contributed by atoms with Gasteiger partial charge in [0.25, 0.3) is 5.91 Å². The van der Waals surface area contributed by atoms with Gasteiger partial charge in [-0.15, -0.1) is 0 Å². The lowest BCUT2D eigenvalue weighted by molar-refractivity contribution is 0.0536. The van der Waals surface area contributed by atoms with Crippen LogP contribution in [0, 0.1) is 12.8 Å². The summed E-state index contributed by atoms with van der Waals surface area (Å²) >= 11 is 3.43. The molecule has 1 aliphatic rings. The van der Waals surface area contributed by atoms with Crippen LogP contribution in [0.3, 0.4) is 0 Å².